The summed E-state index contributed by atoms with van der Waals surface area (Å²) in [5.74, 6) is 1.78. The molecule has 0 amide bonds. The summed E-state index contributed by atoms with van der Waals surface area (Å²) in [6.45, 7) is 6.48. The predicted octanol–water partition coefficient (Wildman–Crippen LogP) is 3.18. The van der Waals surface area contributed by atoms with E-state index in [0.29, 0.717) is 6.54 Å². The molecule has 0 atom stereocenters. The second-order valence-electron chi connectivity index (χ2n) is 6.72. The van der Waals surface area contributed by atoms with Gasteiger partial charge in [-0.3, -0.25) is 4.99 Å². The SMILES string of the molecule is CCc1nncn1CCNC(=NC)NCc1cccc(-c2cccc(C)c2)c1. The lowest BCUT2D eigenvalue weighted by atomic mass is 10.0. The number of aromatic nitrogens is 3. The summed E-state index contributed by atoms with van der Waals surface area (Å²) in [5.41, 5.74) is 4.95. The molecular formula is C22H28N6. The number of guanidine groups is 1. The average Bonchev–Trinajstić information content (AvgIpc) is 3.18. The van der Waals surface area contributed by atoms with Gasteiger partial charge < -0.3 is 15.2 Å². The molecule has 0 aliphatic carbocycles. The molecule has 0 aliphatic heterocycles. The Morgan fingerprint density at radius 2 is 1.86 bits per heavy atom. The summed E-state index contributed by atoms with van der Waals surface area (Å²) in [7, 11) is 1.79. The topological polar surface area (TPSA) is 67.1 Å². The summed E-state index contributed by atoms with van der Waals surface area (Å²) >= 11 is 0. The highest BCUT2D eigenvalue weighted by molar-refractivity contribution is 5.79. The first-order valence-electron chi connectivity index (χ1n) is 9.66. The Labute approximate surface area is 166 Å². The zero-order valence-electron chi connectivity index (χ0n) is 16.8. The fourth-order valence-corrected chi connectivity index (χ4v) is 3.13. The highest BCUT2D eigenvalue weighted by atomic mass is 15.3. The van der Waals surface area contributed by atoms with E-state index in [1.165, 1.54) is 22.3 Å². The van der Waals surface area contributed by atoms with E-state index in [-0.39, 0.29) is 0 Å². The van der Waals surface area contributed by atoms with E-state index in [2.05, 4.69) is 92.8 Å². The molecule has 0 saturated heterocycles. The molecule has 6 nitrogen and oxygen atoms in total. The number of rotatable bonds is 7. The number of hydrogen-bond acceptors (Lipinski definition) is 3. The van der Waals surface area contributed by atoms with Gasteiger partial charge in [0.25, 0.3) is 0 Å². The Kier molecular flexibility index (Phi) is 6.78. The van der Waals surface area contributed by atoms with Crippen LogP contribution in [0.15, 0.2) is 59.9 Å². The van der Waals surface area contributed by atoms with Gasteiger partial charge in [0, 0.05) is 33.1 Å². The summed E-state index contributed by atoms with van der Waals surface area (Å²) in [4.78, 5) is 4.31. The summed E-state index contributed by atoms with van der Waals surface area (Å²) < 4.78 is 2.06. The van der Waals surface area contributed by atoms with Crippen LogP contribution in [0.2, 0.25) is 0 Å². The normalized spacial score (nSPS) is 11.5. The Morgan fingerprint density at radius 3 is 2.61 bits per heavy atom. The van der Waals surface area contributed by atoms with Crippen LogP contribution in [-0.2, 0) is 19.5 Å². The Morgan fingerprint density at radius 1 is 1.07 bits per heavy atom. The van der Waals surface area contributed by atoms with Crippen molar-refractivity contribution in [1.29, 1.82) is 0 Å². The van der Waals surface area contributed by atoms with Crippen LogP contribution in [0, 0.1) is 6.92 Å². The van der Waals surface area contributed by atoms with Crippen molar-refractivity contribution in [3.05, 3.63) is 71.8 Å². The van der Waals surface area contributed by atoms with Crippen LogP contribution in [-0.4, -0.2) is 34.3 Å². The van der Waals surface area contributed by atoms with Crippen molar-refractivity contribution in [1.82, 2.24) is 25.4 Å². The van der Waals surface area contributed by atoms with Gasteiger partial charge >= 0.3 is 0 Å². The molecule has 6 heteroatoms. The first kappa shape index (κ1) is 19.6. The molecular weight excluding hydrogens is 348 g/mol. The fraction of sp³-hybridized carbons (Fsp3) is 0.318. The molecule has 146 valence electrons. The van der Waals surface area contributed by atoms with Gasteiger partial charge in [0.1, 0.15) is 12.2 Å². The molecule has 1 aromatic heterocycles. The quantitative estimate of drug-likeness (QED) is 0.491. The summed E-state index contributed by atoms with van der Waals surface area (Å²) in [6.07, 6.45) is 2.65. The van der Waals surface area contributed by atoms with Gasteiger partial charge in [-0.05, 0) is 29.7 Å². The number of benzene rings is 2. The minimum Gasteiger partial charge on any atom is -0.355 e. The molecule has 0 spiro atoms. The summed E-state index contributed by atoms with van der Waals surface area (Å²) in [6, 6.07) is 17.2. The number of nitrogens with one attached hydrogen (secondary N) is 2. The van der Waals surface area contributed by atoms with Gasteiger partial charge in [-0.1, -0.05) is 55.0 Å². The Hall–Kier alpha value is -3.15. The molecule has 3 aromatic rings. The van der Waals surface area contributed by atoms with E-state index in [1.807, 2.05) is 0 Å². The lowest BCUT2D eigenvalue weighted by molar-refractivity contribution is 0.632. The monoisotopic (exact) mass is 376 g/mol. The number of nitrogens with zero attached hydrogens (tertiary/aromatic N) is 4. The van der Waals surface area contributed by atoms with E-state index in [9.17, 15) is 0 Å². The lowest BCUT2D eigenvalue weighted by Gasteiger charge is -2.13. The van der Waals surface area contributed by atoms with Crippen LogP contribution in [0.25, 0.3) is 11.1 Å². The first-order valence-corrected chi connectivity index (χ1v) is 9.66. The zero-order chi connectivity index (χ0) is 19.8. The lowest BCUT2D eigenvalue weighted by Crippen LogP contribution is -2.38. The molecule has 2 aromatic carbocycles. The van der Waals surface area contributed by atoms with Crippen LogP contribution in [0.5, 0.6) is 0 Å². The molecule has 0 unspecified atom stereocenters. The molecule has 0 fully saturated rings. The average molecular weight is 377 g/mol. The maximum Gasteiger partial charge on any atom is 0.191 e. The minimum atomic E-state index is 0.714. The van der Waals surface area contributed by atoms with Crippen molar-refractivity contribution >= 4 is 5.96 Å². The minimum absolute atomic E-state index is 0.714. The smallest absolute Gasteiger partial charge is 0.191 e. The summed E-state index contributed by atoms with van der Waals surface area (Å²) in [5, 5.41) is 14.8. The second-order valence-corrected chi connectivity index (χ2v) is 6.72. The molecule has 0 aliphatic rings. The van der Waals surface area contributed by atoms with Crippen LogP contribution in [0.4, 0.5) is 0 Å². The zero-order valence-corrected chi connectivity index (χ0v) is 16.8. The molecule has 0 bridgehead atoms. The van der Waals surface area contributed by atoms with E-state index < -0.39 is 0 Å². The van der Waals surface area contributed by atoms with Crippen molar-refractivity contribution in [2.24, 2.45) is 4.99 Å². The van der Waals surface area contributed by atoms with Crippen LogP contribution < -0.4 is 10.6 Å². The van der Waals surface area contributed by atoms with Gasteiger partial charge in [-0.15, -0.1) is 10.2 Å². The maximum atomic E-state index is 4.31. The Balaban J connectivity index is 1.54. The van der Waals surface area contributed by atoms with E-state index in [4.69, 9.17) is 0 Å². The van der Waals surface area contributed by atoms with E-state index >= 15 is 0 Å². The van der Waals surface area contributed by atoms with Gasteiger partial charge in [-0.25, -0.2) is 0 Å². The van der Waals surface area contributed by atoms with Crippen molar-refractivity contribution in [3.8, 4) is 11.1 Å². The molecule has 0 radical (unpaired) electrons. The van der Waals surface area contributed by atoms with Gasteiger partial charge in [0.2, 0.25) is 0 Å². The van der Waals surface area contributed by atoms with Crippen LogP contribution >= 0.6 is 0 Å². The number of aryl methyl sites for hydroxylation is 2. The number of aliphatic imine (C=N–C) groups is 1. The van der Waals surface area contributed by atoms with Gasteiger partial charge in [0.05, 0.1) is 0 Å². The van der Waals surface area contributed by atoms with Crippen LogP contribution in [0.3, 0.4) is 0 Å². The standard InChI is InChI=1S/C22H28N6/c1-4-21-27-26-16-28(21)12-11-24-22(23-3)25-15-18-8-6-10-20(14-18)19-9-5-7-17(2)13-19/h5-10,13-14,16H,4,11-12,15H2,1-3H3,(H2,23,24,25). The molecule has 3 rings (SSSR count). The Bertz CT molecular complexity index is 928. The van der Waals surface area contributed by atoms with Gasteiger partial charge in [-0.2, -0.15) is 0 Å². The maximum absolute atomic E-state index is 4.31. The fourth-order valence-electron chi connectivity index (χ4n) is 3.13. The molecule has 1 heterocycles. The third-order valence-electron chi connectivity index (χ3n) is 4.62. The van der Waals surface area contributed by atoms with E-state index in [1.54, 1.807) is 13.4 Å². The molecule has 2 N–H and O–H groups in total. The predicted molar refractivity (Wildman–Crippen MR) is 114 cm³/mol. The van der Waals surface area contributed by atoms with Crippen molar-refractivity contribution in [3.63, 3.8) is 0 Å². The first-order chi connectivity index (χ1) is 13.7. The van der Waals surface area contributed by atoms with Crippen molar-refractivity contribution in [2.75, 3.05) is 13.6 Å². The third kappa shape index (κ3) is 5.19. The third-order valence-corrected chi connectivity index (χ3v) is 4.62. The second kappa shape index (κ2) is 9.69. The van der Waals surface area contributed by atoms with Crippen LogP contribution in [0.1, 0.15) is 23.9 Å². The number of hydrogen-bond donors (Lipinski definition) is 2. The molecule has 28 heavy (non-hydrogen) atoms. The van der Waals surface area contributed by atoms with Crippen molar-refractivity contribution < 1.29 is 0 Å². The van der Waals surface area contributed by atoms with E-state index in [0.717, 1.165) is 31.3 Å². The molecule has 0 saturated carbocycles. The highest BCUT2D eigenvalue weighted by Gasteiger charge is 2.04. The highest BCUT2D eigenvalue weighted by Crippen LogP contribution is 2.21. The largest absolute Gasteiger partial charge is 0.355 e. The van der Waals surface area contributed by atoms with Crippen molar-refractivity contribution in [2.45, 2.75) is 33.4 Å². The van der Waals surface area contributed by atoms with Gasteiger partial charge in [0.15, 0.2) is 5.96 Å².